The van der Waals surface area contributed by atoms with E-state index >= 15 is 0 Å². The van der Waals surface area contributed by atoms with E-state index in [4.69, 9.17) is 21.8 Å². The molecule has 0 aromatic carbocycles. The highest BCUT2D eigenvalue weighted by Crippen LogP contribution is 2.08. The largest absolute Gasteiger partial charge is 0.353 e. The molecule has 0 saturated heterocycles. The second kappa shape index (κ2) is 1.78. The van der Waals surface area contributed by atoms with Crippen LogP contribution in [0, 0.1) is 0 Å². The van der Waals surface area contributed by atoms with E-state index in [1.807, 2.05) is 0 Å². The summed E-state index contributed by atoms with van der Waals surface area (Å²) in [5.41, 5.74) is 0. The van der Waals surface area contributed by atoms with Crippen molar-refractivity contribution in [1.82, 2.24) is 0 Å². The number of hydrogen-bond acceptors (Lipinski definition) is 2. The molecule has 0 unspecified atom stereocenters. The summed E-state index contributed by atoms with van der Waals surface area (Å²) < 4.78 is 0. The number of hydrogen-bond donors (Lipinski definition) is 2. The normalized spacial score (nSPS) is 12.0. The van der Waals surface area contributed by atoms with Crippen molar-refractivity contribution in [3.8, 4) is 0 Å². The molecule has 0 aromatic rings. The highest BCUT2D eigenvalue weighted by atomic mass is 35.5. The molecule has 0 amide bonds. The first-order valence-corrected chi connectivity index (χ1v) is 2.07. The molecule has 0 aliphatic rings. The van der Waals surface area contributed by atoms with Crippen molar-refractivity contribution in [3.63, 3.8) is 0 Å². The first kappa shape index (κ1) is 6.21. The molecule has 2 N–H and O–H groups in total. The van der Waals surface area contributed by atoms with Crippen molar-refractivity contribution in [2.24, 2.45) is 0 Å². The van der Waals surface area contributed by atoms with Crippen LogP contribution in [-0.4, -0.2) is 15.5 Å². The van der Waals surface area contributed by atoms with Gasteiger partial charge in [-0.2, -0.15) is 0 Å². The van der Waals surface area contributed by atoms with Gasteiger partial charge in [0.05, 0.1) is 0 Å². The summed E-state index contributed by atoms with van der Waals surface area (Å²) >= 11 is 4.83. The SMILES string of the molecule is CCC(O)(O)Cl. The van der Waals surface area contributed by atoms with Gasteiger partial charge in [0.2, 0.25) is 5.25 Å². The minimum Gasteiger partial charge on any atom is -0.353 e. The average molecular weight is 111 g/mol. The Bertz CT molecular complexity index is 38.5. The van der Waals surface area contributed by atoms with E-state index in [0.29, 0.717) is 0 Å². The van der Waals surface area contributed by atoms with E-state index in [0.717, 1.165) is 0 Å². The van der Waals surface area contributed by atoms with Crippen LogP contribution >= 0.6 is 11.6 Å². The van der Waals surface area contributed by atoms with Crippen LogP contribution in [-0.2, 0) is 0 Å². The van der Waals surface area contributed by atoms with Gasteiger partial charge in [0, 0.05) is 6.42 Å². The molecular formula is C3H7ClO2. The molecule has 0 aromatic heterocycles. The first-order valence-electron chi connectivity index (χ1n) is 1.70. The zero-order valence-corrected chi connectivity index (χ0v) is 4.24. The van der Waals surface area contributed by atoms with Crippen LogP contribution < -0.4 is 0 Å². The lowest BCUT2D eigenvalue weighted by atomic mass is 10.5. The zero-order valence-electron chi connectivity index (χ0n) is 3.48. The van der Waals surface area contributed by atoms with E-state index in [2.05, 4.69) is 0 Å². The number of aliphatic hydroxyl groups is 2. The molecule has 0 fully saturated rings. The second-order valence-electron chi connectivity index (χ2n) is 1.07. The Balaban J connectivity index is 3.17. The Kier molecular flexibility index (Phi) is 1.84. The first-order chi connectivity index (χ1) is 2.56. The average Bonchev–Trinajstić information content (AvgIpc) is 1.35. The van der Waals surface area contributed by atoms with Crippen molar-refractivity contribution in [2.75, 3.05) is 0 Å². The minimum atomic E-state index is -1.99. The Morgan fingerprint density at radius 3 is 1.83 bits per heavy atom. The van der Waals surface area contributed by atoms with Crippen LogP contribution in [0.2, 0.25) is 0 Å². The smallest absolute Gasteiger partial charge is 0.243 e. The van der Waals surface area contributed by atoms with E-state index < -0.39 is 5.25 Å². The molecule has 2 nitrogen and oxygen atoms in total. The van der Waals surface area contributed by atoms with E-state index in [1.54, 1.807) is 6.92 Å². The standard InChI is InChI=1S/C3H7ClO2/c1-2-3(4,5)6/h5-6H,2H2,1H3. The predicted octanol–water partition coefficient (Wildman–Crippen LogP) is 0.274. The van der Waals surface area contributed by atoms with Gasteiger partial charge in [-0.25, -0.2) is 0 Å². The zero-order chi connectivity index (χ0) is 5.21. The number of alkyl halides is 1. The summed E-state index contributed by atoms with van der Waals surface area (Å²) in [5.74, 6) is 0. The molecule has 0 radical (unpaired) electrons. The Labute approximate surface area is 41.4 Å². The third-order valence-corrected chi connectivity index (χ3v) is 0.717. The molecule has 0 aliphatic carbocycles. The van der Waals surface area contributed by atoms with Crippen LogP contribution in [0.3, 0.4) is 0 Å². The van der Waals surface area contributed by atoms with Crippen LogP contribution in [0.25, 0.3) is 0 Å². The third kappa shape index (κ3) is 4.21. The number of rotatable bonds is 1. The summed E-state index contributed by atoms with van der Waals surface area (Å²) in [4.78, 5) is 0. The van der Waals surface area contributed by atoms with Crippen molar-refractivity contribution in [2.45, 2.75) is 18.6 Å². The Morgan fingerprint density at radius 1 is 1.67 bits per heavy atom. The van der Waals surface area contributed by atoms with Gasteiger partial charge in [0.1, 0.15) is 0 Å². The monoisotopic (exact) mass is 110 g/mol. The molecular weight excluding hydrogens is 103 g/mol. The van der Waals surface area contributed by atoms with Gasteiger partial charge >= 0.3 is 0 Å². The lowest BCUT2D eigenvalue weighted by Gasteiger charge is -2.06. The van der Waals surface area contributed by atoms with Crippen LogP contribution in [0.15, 0.2) is 0 Å². The molecule has 0 spiro atoms. The third-order valence-electron chi connectivity index (χ3n) is 0.450. The van der Waals surface area contributed by atoms with Gasteiger partial charge in [-0.05, 0) is 0 Å². The predicted molar refractivity (Wildman–Crippen MR) is 23.3 cm³/mol. The fourth-order valence-electron chi connectivity index (χ4n) is 0. The van der Waals surface area contributed by atoms with Gasteiger partial charge in [-0.1, -0.05) is 18.5 Å². The van der Waals surface area contributed by atoms with Crippen molar-refractivity contribution in [3.05, 3.63) is 0 Å². The topological polar surface area (TPSA) is 40.5 Å². The second-order valence-corrected chi connectivity index (χ2v) is 1.68. The van der Waals surface area contributed by atoms with Crippen molar-refractivity contribution < 1.29 is 10.2 Å². The van der Waals surface area contributed by atoms with E-state index in [-0.39, 0.29) is 6.42 Å². The molecule has 0 heterocycles. The summed E-state index contributed by atoms with van der Waals surface area (Å²) in [7, 11) is 0. The van der Waals surface area contributed by atoms with Gasteiger partial charge in [0.15, 0.2) is 0 Å². The molecule has 0 bridgehead atoms. The maximum atomic E-state index is 8.15. The molecule has 0 atom stereocenters. The van der Waals surface area contributed by atoms with Gasteiger partial charge in [-0.15, -0.1) is 0 Å². The van der Waals surface area contributed by atoms with Crippen LogP contribution in [0.5, 0.6) is 0 Å². The van der Waals surface area contributed by atoms with Gasteiger partial charge in [0.25, 0.3) is 0 Å². The summed E-state index contributed by atoms with van der Waals surface area (Å²) in [5, 5.41) is 14.3. The maximum Gasteiger partial charge on any atom is 0.243 e. The molecule has 0 saturated carbocycles. The van der Waals surface area contributed by atoms with Crippen molar-refractivity contribution >= 4 is 11.6 Å². The summed E-state index contributed by atoms with van der Waals surface area (Å²) in [6.45, 7) is 1.58. The van der Waals surface area contributed by atoms with Crippen molar-refractivity contribution in [1.29, 1.82) is 0 Å². The molecule has 38 valence electrons. The van der Waals surface area contributed by atoms with Gasteiger partial charge < -0.3 is 10.2 Å². The molecule has 6 heavy (non-hydrogen) atoms. The van der Waals surface area contributed by atoms with E-state index in [1.165, 1.54) is 0 Å². The minimum absolute atomic E-state index is 0.147. The summed E-state index contributed by atoms with van der Waals surface area (Å²) in [6, 6.07) is 0. The van der Waals surface area contributed by atoms with Gasteiger partial charge in [-0.3, -0.25) is 0 Å². The summed E-state index contributed by atoms with van der Waals surface area (Å²) in [6.07, 6.45) is 0.147. The lowest BCUT2D eigenvalue weighted by Crippen LogP contribution is -2.16. The Hall–Kier alpha value is 0.210. The molecule has 0 rings (SSSR count). The van der Waals surface area contributed by atoms with Crippen LogP contribution in [0.1, 0.15) is 13.3 Å². The molecule has 0 aliphatic heterocycles. The number of halogens is 1. The highest BCUT2D eigenvalue weighted by Gasteiger charge is 2.12. The fraction of sp³-hybridized carbons (Fsp3) is 1.00. The quantitative estimate of drug-likeness (QED) is 0.376. The fourth-order valence-corrected chi connectivity index (χ4v) is 0. The lowest BCUT2D eigenvalue weighted by molar-refractivity contribution is -0.0857. The highest BCUT2D eigenvalue weighted by molar-refractivity contribution is 6.21. The van der Waals surface area contributed by atoms with Crippen LogP contribution in [0.4, 0.5) is 0 Å². The maximum absolute atomic E-state index is 8.15. The van der Waals surface area contributed by atoms with E-state index in [9.17, 15) is 0 Å². The Morgan fingerprint density at radius 2 is 1.83 bits per heavy atom. The molecule has 3 heteroatoms.